The van der Waals surface area contributed by atoms with Crippen LogP contribution in [0.4, 0.5) is 5.82 Å². The standard InChI is InChI=1S/C25H25ClN6O2/c1-14-22(15(2)34-31-14)17-7-8-21-20(10-17)23(27-11-16-5-4-6-18(26)9-16)30-24(29-21)25(33)28-19-12-32(3)13-19/h4-10,19H,11-13H2,1-3H3,(H,28,33)(H,27,29,30). The van der Waals surface area contributed by atoms with E-state index in [0.29, 0.717) is 22.9 Å². The topological polar surface area (TPSA) is 96.2 Å². The number of likely N-dealkylation sites (N-methyl/N-ethyl adjacent to an activating group) is 1. The Bertz CT molecular complexity index is 1360. The minimum absolute atomic E-state index is 0.113. The number of halogens is 1. The molecule has 174 valence electrons. The molecule has 8 nitrogen and oxygen atoms in total. The molecule has 0 spiro atoms. The molecule has 0 saturated carbocycles. The van der Waals surface area contributed by atoms with Crippen molar-refractivity contribution in [3.63, 3.8) is 0 Å². The van der Waals surface area contributed by atoms with Crippen LogP contribution < -0.4 is 10.6 Å². The summed E-state index contributed by atoms with van der Waals surface area (Å²) in [5.41, 5.74) is 4.39. The second-order valence-corrected chi connectivity index (χ2v) is 9.14. The van der Waals surface area contributed by atoms with Crippen molar-refractivity contribution in [3.8, 4) is 11.1 Å². The lowest BCUT2D eigenvalue weighted by Crippen LogP contribution is -2.57. The van der Waals surface area contributed by atoms with Crippen LogP contribution in [0.5, 0.6) is 0 Å². The van der Waals surface area contributed by atoms with E-state index in [0.717, 1.165) is 46.6 Å². The van der Waals surface area contributed by atoms with Crippen LogP contribution in [0.3, 0.4) is 0 Å². The Labute approximate surface area is 202 Å². The van der Waals surface area contributed by atoms with Crippen molar-refractivity contribution in [2.45, 2.75) is 26.4 Å². The number of fused-ring (bicyclic) bond motifs is 1. The number of benzene rings is 2. The SMILES string of the molecule is Cc1noc(C)c1-c1ccc2nc(C(=O)NC3CN(C)C3)nc(NCc3cccc(Cl)c3)c2c1. The number of likely N-dealkylation sites (tertiary alicyclic amines) is 1. The molecule has 1 aliphatic rings. The third-order valence-electron chi connectivity index (χ3n) is 5.97. The number of aromatic nitrogens is 3. The van der Waals surface area contributed by atoms with Crippen LogP contribution in [0.1, 0.15) is 27.6 Å². The Kier molecular flexibility index (Phi) is 5.93. The van der Waals surface area contributed by atoms with Gasteiger partial charge < -0.3 is 20.1 Å². The Morgan fingerprint density at radius 1 is 1.18 bits per heavy atom. The molecule has 0 bridgehead atoms. The average Bonchev–Trinajstić information content (AvgIpc) is 3.13. The van der Waals surface area contributed by atoms with Gasteiger partial charge in [0.2, 0.25) is 5.82 Å². The van der Waals surface area contributed by atoms with Crippen LogP contribution in [-0.2, 0) is 6.54 Å². The Morgan fingerprint density at radius 3 is 2.71 bits per heavy atom. The molecule has 0 atom stereocenters. The zero-order valence-corrected chi connectivity index (χ0v) is 20.0. The highest BCUT2D eigenvalue weighted by Crippen LogP contribution is 2.31. The van der Waals surface area contributed by atoms with Gasteiger partial charge in [0.15, 0.2) is 0 Å². The second-order valence-electron chi connectivity index (χ2n) is 8.70. The third kappa shape index (κ3) is 4.47. The predicted molar refractivity (Wildman–Crippen MR) is 132 cm³/mol. The lowest BCUT2D eigenvalue weighted by Gasteiger charge is -2.36. The molecule has 2 aromatic carbocycles. The number of nitrogens with one attached hydrogen (secondary N) is 2. The molecule has 1 saturated heterocycles. The Hall–Kier alpha value is -3.49. The first-order valence-corrected chi connectivity index (χ1v) is 11.5. The summed E-state index contributed by atoms with van der Waals surface area (Å²) in [6.07, 6.45) is 0. The maximum absolute atomic E-state index is 12.9. The number of nitrogens with zero attached hydrogens (tertiary/aromatic N) is 4. The van der Waals surface area contributed by atoms with Crippen LogP contribution in [0.15, 0.2) is 47.0 Å². The van der Waals surface area contributed by atoms with Gasteiger partial charge in [-0.15, -0.1) is 0 Å². The largest absolute Gasteiger partial charge is 0.365 e. The van der Waals surface area contributed by atoms with Crippen molar-refractivity contribution >= 4 is 34.2 Å². The maximum atomic E-state index is 12.9. The molecular formula is C25H25ClN6O2. The quantitative estimate of drug-likeness (QED) is 0.430. The van der Waals surface area contributed by atoms with Gasteiger partial charge in [0.05, 0.1) is 17.3 Å². The predicted octanol–water partition coefficient (Wildman–Crippen LogP) is 4.21. The van der Waals surface area contributed by atoms with E-state index in [2.05, 4.69) is 30.7 Å². The molecule has 1 amide bonds. The maximum Gasteiger partial charge on any atom is 0.289 e. The number of hydrogen-bond acceptors (Lipinski definition) is 7. The first kappa shape index (κ1) is 22.3. The number of carbonyl (C=O) groups is 1. The summed E-state index contributed by atoms with van der Waals surface area (Å²) < 4.78 is 5.35. The molecule has 9 heteroatoms. The summed E-state index contributed by atoms with van der Waals surface area (Å²) in [4.78, 5) is 24.2. The van der Waals surface area contributed by atoms with Crippen molar-refractivity contribution in [1.29, 1.82) is 0 Å². The van der Waals surface area contributed by atoms with Gasteiger partial charge in [0, 0.05) is 35.6 Å². The molecule has 2 aromatic heterocycles. The minimum Gasteiger partial charge on any atom is -0.365 e. The van der Waals surface area contributed by atoms with Crippen molar-refractivity contribution < 1.29 is 9.32 Å². The summed E-state index contributed by atoms with van der Waals surface area (Å²) in [5, 5.41) is 11.9. The Morgan fingerprint density at radius 2 is 2.00 bits per heavy atom. The van der Waals surface area contributed by atoms with Crippen molar-refractivity contribution in [3.05, 3.63) is 70.3 Å². The molecule has 0 unspecified atom stereocenters. The first-order chi connectivity index (χ1) is 16.4. The van der Waals surface area contributed by atoms with E-state index in [1.807, 2.05) is 63.4 Å². The van der Waals surface area contributed by atoms with Gasteiger partial charge in [-0.2, -0.15) is 0 Å². The van der Waals surface area contributed by atoms with E-state index in [9.17, 15) is 4.79 Å². The molecule has 1 fully saturated rings. The van der Waals surface area contributed by atoms with Gasteiger partial charge in [-0.1, -0.05) is 35.0 Å². The molecule has 3 heterocycles. The van der Waals surface area contributed by atoms with Crippen molar-refractivity contribution in [1.82, 2.24) is 25.3 Å². The van der Waals surface area contributed by atoms with Gasteiger partial charge >= 0.3 is 0 Å². The van der Waals surface area contributed by atoms with Gasteiger partial charge in [0.1, 0.15) is 11.6 Å². The highest BCUT2D eigenvalue weighted by atomic mass is 35.5. The molecule has 0 aliphatic carbocycles. The molecule has 34 heavy (non-hydrogen) atoms. The van der Waals surface area contributed by atoms with E-state index in [1.54, 1.807) is 0 Å². The number of carbonyl (C=O) groups excluding carboxylic acids is 1. The molecule has 2 N–H and O–H groups in total. The number of rotatable bonds is 6. The molecular weight excluding hydrogens is 452 g/mol. The number of anilines is 1. The normalized spacial score (nSPS) is 14.2. The monoisotopic (exact) mass is 476 g/mol. The van der Waals surface area contributed by atoms with Gasteiger partial charge in [-0.25, -0.2) is 9.97 Å². The zero-order chi connectivity index (χ0) is 23.8. The summed E-state index contributed by atoms with van der Waals surface area (Å²) >= 11 is 6.15. The summed E-state index contributed by atoms with van der Waals surface area (Å²) in [7, 11) is 2.02. The van der Waals surface area contributed by atoms with E-state index in [4.69, 9.17) is 16.1 Å². The van der Waals surface area contributed by atoms with Gasteiger partial charge in [-0.3, -0.25) is 4.79 Å². The average molecular weight is 477 g/mol. The highest BCUT2D eigenvalue weighted by Gasteiger charge is 2.26. The van der Waals surface area contributed by atoms with E-state index in [-0.39, 0.29) is 17.8 Å². The van der Waals surface area contributed by atoms with Crippen LogP contribution >= 0.6 is 11.6 Å². The molecule has 4 aromatic rings. The summed E-state index contributed by atoms with van der Waals surface area (Å²) in [5.74, 6) is 1.18. The number of amides is 1. The van der Waals surface area contributed by atoms with Gasteiger partial charge in [-0.05, 0) is 56.3 Å². The smallest absolute Gasteiger partial charge is 0.289 e. The Balaban J connectivity index is 1.53. The fraction of sp³-hybridized carbons (Fsp3) is 0.280. The fourth-order valence-electron chi connectivity index (χ4n) is 4.29. The second kappa shape index (κ2) is 9.04. The van der Waals surface area contributed by atoms with Gasteiger partial charge in [0.25, 0.3) is 5.91 Å². The highest BCUT2D eigenvalue weighted by molar-refractivity contribution is 6.30. The number of aryl methyl sites for hydroxylation is 2. The summed E-state index contributed by atoms with van der Waals surface area (Å²) in [6.45, 7) is 5.94. The minimum atomic E-state index is -0.277. The van der Waals surface area contributed by atoms with E-state index < -0.39 is 0 Å². The van der Waals surface area contributed by atoms with Crippen LogP contribution in [0.2, 0.25) is 5.02 Å². The van der Waals surface area contributed by atoms with Crippen molar-refractivity contribution in [2.75, 3.05) is 25.5 Å². The van der Waals surface area contributed by atoms with Crippen LogP contribution in [-0.4, -0.2) is 52.1 Å². The number of hydrogen-bond donors (Lipinski definition) is 2. The lowest BCUT2D eigenvalue weighted by molar-refractivity contribution is 0.0848. The first-order valence-electron chi connectivity index (χ1n) is 11.1. The van der Waals surface area contributed by atoms with Crippen molar-refractivity contribution in [2.24, 2.45) is 0 Å². The molecule has 1 aliphatic heterocycles. The summed E-state index contributed by atoms with van der Waals surface area (Å²) in [6, 6.07) is 13.6. The lowest BCUT2D eigenvalue weighted by atomic mass is 10.0. The fourth-order valence-corrected chi connectivity index (χ4v) is 4.50. The zero-order valence-electron chi connectivity index (χ0n) is 19.2. The van der Waals surface area contributed by atoms with Crippen LogP contribution in [0, 0.1) is 13.8 Å². The van der Waals surface area contributed by atoms with E-state index in [1.165, 1.54) is 0 Å². The molecule has 5 rings (SSSR count). The van der Waals surface area contributed by atoms with E-state index >= 15 is 0 Å². The van der Waals surface area contributed by atoms with Crippen LogP contribution in [0.25, 0.3) is 22.0 Å². The third-order valence-corrected chi connectivity index (χ3v) is 6.20. The molecule has 0 radical (unpaired) electrons.